The number of Topliss-reactive ketones (excluding diaryl/α,β-unsaturated/α-hetero) is 1. The van der Waals surface area contributed by atoms with Crippen molar-refractivity contribution in [1.82, 2.24) is 0 Å². The zero-order chi connectivity index (χ0) is 13.5. The highest BCUT2D eigenvalue weighted by molar-refractivity contribution is 9.09. The van der Waals surface area contributed by atoms with Crippen LogP contribution in [0.2, 0.25) is 0 Å². The standard InChI is InChI=1S/C14H17BrO3/c1-3-5-12-13(18-9-4-8-15)7-6-11(10(2)16)14(12)17/h3,6-7,17H,1,4-5,8-9H2,2H3. The second-order valence-electron chi connectivity index (χ2n) is 3.88. The highest BCUT2D eigenvalue weighted by atomic mass is 79.9. The van der Waals surface area contributed by atoms with Gasteiger partial charge >= 0.3 is 0 Å². The third-order valence-electron chi connectivity index (χ3n) is 2.50. The van der Waals surface area contributed by atoms with Gasteiger partial charge in [0.1, 0.15) is 11.5 Å². The molecule has 0 radical (unpaired) electrons. The molecule has 18 heavy (non-hydrogen) atoms. The molecule has 0 spiro atoms. The van der Waals surface area contributed by atoms with Crippen LogP contribution in [0.1, 0.15) is 29.3 Å². The molecule has 3 nitrogen and oxygen atoms in total. The number of aromatic hydroxyl groups is 1. The molecule has 0 fully saturated rings. The van der Waals surface area contributed by atoms with E-state index in [0.717, 1.165) is 11.8 Å². The predicted molar refractivity (Wildman–Crippen MR) is 75.9 cm³/mol. The maximum Gasteiger partial charge on any atom is 0.163 e. The molecule has 0 amide bonds. The number of alkyl halides is 1. The van der Waals surface area contributed by atoms with Crippen molar-refractivity contribution >= 4 is 21.7 Å². The van der Waals surface area contributed by atoms with Crippen molar-refractivity contribution in [3.05, 3.63) is 35.9 Å². The molecule has 0 atom stereocenters. The summed E-state index contributed by atoms with van der Waals surface area (Å²) < 4.78 is 5.60. The molecular formula is C14H17BrO3. The smallest absolute Gasteiger partial charge is 0.163 e. The van der Waals surface area contributed by atoms with Gasteiger partial charge in [-0.05, 0) is 31.9 Å². The maximum absolute atomic E-state index is 11.4. The van der Waals surface area contributed by atoms with Gasteiger partial charge in [0.15, 0.2) is 5.78 Å². The van der Waals surface area contributed by atoms with Crippen LogP contribution in [-0.4, -0.2) is 22.8 Å². The van der Waals surface area contributed by atoms with Crippen LogP contribution >= 0.6 is 15.9 Å². The van der Waals surface area contributed by atoms with Crippen molar-refractivity contribution in [2.45, 2.75) is 19.8 Å². The lowest BCUT2D eigenvalue weighted by Crippen LogP contribution is -2.03. The SMILES string of the molecule is C=CCc1c(OCCCBr)ccc(C(C)=O)c1O. The molecule has 0 aliphatic heterocycles. The quantitative estimate of drug-likeness (QED) is 0.363. The molecule has 0 bridgehead atoms. The summed E-state index contributed by atoms with van der Waals surface area (Å²) in [6.45, 7) is 5.64. The normalized spacial score (nSPS) is 10.1. The number of hydrogen-bond donors (Lipinski definition) is 1. The maximum atomic E-state index is 11.4. The predicted octanol–water partition coefficient (Wildman–Crippen LogP) is 3.49. The number of ketones is 1. The number of phenols is 1. The molecule has 0 aliphatic rings. The van der Waals surface area contributed by atoms with Crippen molar-refractivity contribution in [3.63, 3.8) is 0 Å². The fourth-order valence-corrected chi connectivity index (χ4v) is 1.84. The minimum Gasteiger partial charge on any atom is -0.507 e. The van der Waals surface area contributed by atoms with E-state index >= 15 is 0 Å². The van der Waals surface area contributed by atoms with E-state index in [4.69, 9.17) is 4.74 Å². The average Bonchev–Trinajstić information content (AvgIpc) is 2.33. The minimum absolute atomic E-state index is 0.00116. The fraction of sp³-hybridized carbons (Fsp3) is 0.357. The lowest BCUT2D eigenvalue weighted by atomic mass is 10.0. The van der Waals surface area contributed by atoms with Crippen molar-refractivity contribution in [3.8, 4) is 11.5 Å². The van der Waals surface area contributed by atoms with Crippen molar-refractivity contribution in [1.29, 1.82) is 0 Å². The molecule has 98 valence electrons. The number of allylic oxidation sites excluding steroid dienone is 1. The largest absolute Gasteiger partial charge is 0.507 e. The van der Waals surface area contributed by atoms with Gasteiger partial charge in [0.25, 0.3) is 0 Å². The van der Waals surface area contributed by atoms with Gasteiger partial charge in [0.05, 0.1) is 12.2 Å². The van der Waals surface area contributed by atoms with Crippen LogP contribution in [0.15, 0.2) is 24.8 Å². The van der Waals surface area contributed by atoms with Crippen LogP contribution in [0.4, 0.5) is 0 Å². The Morgan fingerprint density at radius 1 is 1.56 bits per heavy atom. The van der Waals surface area contributed by atoms with Crippen LogP contribution in [0.5, 0.6) is 11.5 Å². The zero-order valence-electron chi connectivity index (χ0n) is 10.4. The van der Waals surface area contributed by atoms with E-state index in [1.54, 1.807) is 18.2 Å². The first-order chi connectivity index (χ1) is 8.61. The molecule has 1 N–H and O–H groups in total. The zero-order valence-corrected chi connectivity index (χ0v) is 12.0. The molecule has 0 unspecified atom stereocenters. The molecule has 0 aromatic heterocycles. The topological polar surface area (TPSA) is 46.5 Å². The Morgan fingerprint density at radius 3 is 2.83 bits per heavy atom. The number of hydrogen-bond acceptors (Lipinski definition) is 3. The Kier molecular flexibility index (Phi) is 5.92. The van der Waals surface area contributed by atoms with Gasteiger partial charge in [-0.15, -0.1) is 6.58 Å². The number of ether oxygens (including phenoxy) is 1. The summed E-state index contributed by atoms with van der Waals surface area (Å²) in [4.78, 5) is 11.4. The number of phenolic OH excluding ortho intramolecular Hbond substituents is 1. The Morgan fingerprint density at radius 2 is 2.28 bits per heavy atom. The molecule has 0 heterocycles. The Bertz CT molecular complexity index is 441. The number of rotatable bonds is 7. The van der Waals surface area contributed by atoms with Gasteiger partial charge in [-0.3, -0.25) is 4.79 Å². The highest BCUT2D eigenvalue weighted by Crippen LogP contribution is 2.32. The lowest BCUT2D eigenvalue weighted by molar-refractivity contribution is 0.101. The van der Waals surface area contributed by atoms with E-state index in [0.29, 0.717) is 29.9 Å². The van der Waals surface area contributed by atoms with Crippen molar-refractivity contribution in [2.75, 3.05) is 11.9 Å². The molecule has 0 saturated heterocycles. The second kappa shape index (κ2) is 7.21. The van der Waals surface area contributed by atoms with Crippen LogP contribution < -0.4 is 4.74 Å². The van der Waals surface area contributed by atoms with Gasteiger partial charge in [0.2, 0.25) is 0 Å². The van der Waals surface area contributed by atoms with Gasteiger partial charge in [-0.25, -0.2) is 0 Å². The van der Waals surface area contributed by atoms with Crippen molar-refractivity contribution in [2.24, 2.45) is 0 Å². The first kappa shape index (κ1) is 14.8. The van der Waals surface area contributed by atoms with Crippen LogP contribution in [-0.2, 0) is 6.42 Å². The van der Waals surface area contributed by atoms with E-state index in [2.05, 4.69) is 22.5 Å². The van der Waals surface area contributed by atoms with E-state index in [-0.39, 0.29) is 11.5 Å². The van der Waals surface area contributed by atoms with E-state index in [1.165, 1.54) is 6.92 Å². The third-order valence-corrected chi connectivity index (χ3v) is 3.06. The third kappa shape index (κ3) is 3.60. The lowest BCUT2D eigenvalue weighted by Gasteiger charge is -2.13. The molecule has 0 saturated carbocycles. The van der Waals surface area contributed by atoms with Crippen LogP contribution in [0.3, 0.4) is 0 Å². The summed E-state index contributed by atoms with van der Waals surface area (Å²) in [6.07, 6.45) is 3.02. The Hall–Kier alpha value is -1.29. The van der Waals surface area contributed by atoms with E-state index in [1.807, 2.05) is 0 Å². The summed E-state index contributed by atoms with van der Waals surface area (Å²) in [7, 11) is 0. The van der Waals surface area contributed by atoms with E-state index < -0.39 is 0 Å². The Balaban J connectivity index is 3.06. The van der Waals surface area contributed by atoms with Gasteiger partial charge in [-0.2, -0.15) is 0 Å². The molecular weight excluding hydrogens is 296 g/mol. The number of halogens is 1. The average molecular weight is 313 g/mol. The number of carbonyl (C=O) groups is 1. The minimum atomic E-state index is -0.162. The second-order valence-corrected chi connectivity index (χ2v) is 4.67. The Labute approximate surface area is 116 Å². The van der Waals surface area contributed by atoms with Crippen LogP contribution in [0, 0.1) is 0 Å². The number of benzene rings is 1. The van der Waals surface area contributed by atoms with Crippen LogP contribution in [0.25, 0.3) is 0 Å². The summed E-state index contributed by atoms with van der Waals surface area (Å²) in [5.74, 6) is 0.446. The van der Waals surface area contributed by atoms with Gasteiger partial charge < -0.3 is 9.84 Å². The first-order valence-corrected chi connectivity index (χ1v) is 6.89. The summed E-state index contributed by atoms with van der Waals surface area (Å²) in [6, 6.07) is 3.32. The first-order valence-electron chi connectivity index (χ1n) is 5.77. The van der Waals surface area contributed by atoms with Crippen molar-refractivity contribution < 1.29 is 14.6 Å². The molecule has 1 aromatic rings. The van der Waals surface area contributed by atoms with Gasteiger partial charge in [-0.1, -0.05) is 22.0 Å². The summed E-state index contributed by atoms with van der Waals surface area (Å²) in [5.41, 5.74) is 0.937. The summed E-state index contributed by atoms with van der Waals surface area (Å²) in [5, 5.41) is 10.9. The molecule has 4 heteroatoms. The monoisotopic (exact) mass is 312 g/mol. The molecule has 0 aliphatic carbocycles. The molecule has 1 rings (SSSR count). The van der Waals surface area contributed by atoms with Gasteiger partial charge in [0, 0.05) is 10.9 Å². The van der Waals surface area contributed by atoms with E-state index in [9.17, 15) is 9.90 Å². The fourth-order valence-electron chi connectivity index (χ4n) is 1.62. The number of carbonyl (C=O) groups excluding carboxylic acids is 1. The summed E-state index contributed by atoms with van der Waals surface area (Å²) >= 11 is 3.33. The molecule has 1 aromatic carbocycles. The highest BCUT2D eigenvalue weighted by Gasteiger charge is 2.15.